The number of rotatable bonds is 10. The zero-order valence-corrected chi connectivity index (χ0v) is 19.5. The summed E-state index contributed by atoms with van der Waals surface area (Å²) in [4.78, 5) is 29.5. The lowest BCUT2D eigenvalue weighted by molar-refractivity contribution is -0.139. The zero-order valence-electron chi connectivity index (χ0n) is 19.5. The molecule has 0 bridgehead atoms. The fourth-order valence-electron chi connectivity index (χ4n) is 3.87. The highest BCUT2D eigenvalue weighted by atomic mass is 16.5. The Hall–Kier alpha value is -3.32. The van der Waals surface area contributed by atoms with Gasteiger partial charge in [0.25, 0.3) is 11.7 Å². The Bertz CT molecular complexity index is 996. The van der Waals surface area contributed by atoms with Crippen LogP contribution in [0.25, 0.3) is 5.76 Å². The number of phenols is 1. The van der Waals surface area contributed by atoms with E-state index in [9.17, 15) is 19.8 Å². The van der Waals surface area contributed by atoms with Crippen molar-refractivity contribution in [2.45, 2.75) is 32.2 Å². The molecule has 1 aliphatic rings. The Morgan fingerprint density at radius 3 is 2.30 bits per heavy atom. The molecule has 0 radical (unpaired) electrons. The van der Waals surface area contributed by atoms with Gasteiger partial charge in [-0.3, -0.25) is 9.59 Å². The molecule has 2 aromatic rings. The van der Waals surface area contributed by atoms with Crippen molar-refractivity contribution in [2.75, 3.05) is 33.8 Å². The number of ether oxygens (including phenoxy) is 1. The maximum Gasteiger partial charge on any atom is 0.295 e. The summed E-state index contributed by atoms with van der Waals surface area (Å²) >= 11 is 0. The molecule has 7 heteroatoms. The number of hydrogen-bond donors (Lipinski definition) is 2. The predicted octanol–water partition coefficient (Wildman–Crippen LogP) is 3.94. The third kappa shape index (κ3) is 5.73. The number of hydrogen-bond acceptors (Lipinski definition) is 6. The Kier molecular flexibility index (Phi) is 8.11. The van der Waals surface area contributed by atoms with Crippen LogP contribution < -0.4 is 4.74 Å². The van der Waals surface area contributed by atoms with Gasteiger partial charge in [0.15, 0.2) is 0 Å². The van der Waals surface area contributed by atoms with Gasteiger partial charge in [0.1, 0.15) is 17.3 Å². The van der Waals surface area contributed by atoms with Gasteiger partial charge in [0.2, 0.25) is 0 Å². The number of carbonyl (C=O) groups excluding carboxylic acids is 2. The van der Waals surface area contributed by atoms with Gasteiger partial charge < -0.3 is 24.7 Å². The molecule has 3 rings (SSSR count). The quantitative estimate of drug-likeness (QED) is 0.246. The number of amides is 1. The molecule has 2 aromatic carbocycles. The van der Waals surface area contributed by atoms with Crippen LogP contribution in [0.2, 0.25) is 0 Å². The molecule has 1 fully saturated rings. The van der Waals surface area contributed by atoms with Crippen molar-refractivity contribution in [3.63, 3.8) is 0 Å². The minimum atomic E-state index is -0.728. The highest BCUT2D eigenvalue weighted by Crippen LogP contribution is 2.40. The van der Waals surface area contributed by atoms with Crippen LogP contribution in [0.15, 0.2) is 54.1 Å². The van der Waals surface area contributed by atoms with Crippen LogP contribution in [-0.2, 0) is 9.59 Å². The first-order valence-electron chi connectivity index (χ1n) is 11.3. The maximum absolute atomic E-state index is 13.0. The van der Waals surface area contributed by atoms with E-state index in [0.29, 0.717) is 36.4 Å². The highest BCUT2D eigenvalue weighted by Gasteiger charge is 2.45. The summed E-state index contributed by atoms with van der Waals surface area (Å²) in [5, 5.41) is 20.8. The van der Waals surface area contributed by atoms with Crippen LogP contribution in [0, 0.1) is 0 Å². The SMILES string of the molecule is CCCCOc1ccc(/C(O)=C2\C(=O)C(=O)N(CCCN(C)C)[C@@H]2c2ccc(O)cc2)cc1. The normalized spacial score (nSPS) is 17.7. The van der Waals surface area contributed by atoms with Crippen molar-refractivity contribution >= 4 is 17.4 Å². The van der Waals surface area contributed by atoms with Crippen molar-refractivity contribution in [1.29, 1.82) is 0 Å². The first-order chi connectivity index (χ1) is 15.8. The molecule has 0 unspecified atom stereocenters. The van der Waals surface area contributed by atoms with Crippen molar-refractivity contribution in [3.8, 4) is 11.5 Å². The molecule has 0 aliphatic carbocycles. The molecule has 1 aliphatic heterocycles. The van der Waals surface area contributed by atoms with E-state index in [1.807, 2.05) is 19.0 Å². The summed E-state index contributed by atoms with van der Waals surface area (Å²) in [7, 11) is 3.89. The average Bonchev–Trinajstić information content (AvgIpc) is 3.04. The number of nitrogens with zero attached hydrogens (tertiary/aromatic N) is 2. The molecule has 0 saturated carbocycles. The standard InChI is InChI=1S/C26H32N2O5/c1-4-5-17-33-21-13-9-19(10-14-21)24(30)22-23(18-7-11-20(29)12-8-18)28(26(32)25(22)31)16-6-15-27(2)3/h7-14,23,29-30H,4-6,15-17H2,1-3H3/b24-22+/t23-/m1/s1. The molecule has 1 atom stereocenters. The van der Waals surface area contributed by atoms with Crippen molar-refractivity contribution in [3.05, 3.63) is 65.2 Å². The van der Waals surface area contributed by atoms with Crippen molar-refractivity contribution < 1.29 is 24.5 Å². The molecular weight excluding hydrogens is 420 g/mol. The molecular formula is C26H32N2O5. The summed E-state index contributed by atoms with van der Waals surface area (Å²) in [5.74, 6) is -0.797. The van der Waals surface area contributed by atoms with Crippen LogP contribution in [0.3, 0.4) is 0 Å². The first kappa shape index (κ1) is 24.3. The van der Waals surface area contributed by atoms with E-state index in [0.717, 1.165) is 19.4 Å². The number of ketones is 1. The number of phenolic OH excluding ortho intramolecular Hbond substituents is 1. The number of aliphatic hydroxyl groups excluding tert-OH is 1. The Morgan fingerprint density at radius 2 is 1.70 bits per heavy atom. The Morgan fingerprint density at radius 1 is 1.03 bits per heavy atom. The van der Waals surface area contributed by atoms with Gasteiger partial charge in [-0.1, -0.05) is 25.5 Å². The second-order valence-electron chi connectivity index (χ2n) is 8.47. The van der Waals surface area contributed by atoms with E-state index in [1.165, 1.54) is 17.0 Å². The number of likely N-dealkylation sites (tertiary alicyclic amines) is 1. The molecule has 7 nitrogen and oxygen atoms in total. The summed E-state index contributed by atoms with van der Waals surface area (Å²) < 4.78 is 5.67. The minimum absolute atomic E-state index is 0.0511. The number of Topliss-reactive ketones (excluding diaryl/α,β-unsaturated/α-hetero) is 1. The second-order valence-corrected chi connectivity index (χ2v) is 8.47. The van der Waals surface area contributed by atoms with Gasteiger partial charge in [0.05, 0.1) is 18.2 Å². The molecule has 1 saturated heterocycles. The van der Waals surface area contributed by atoms with E-state index in [2.05, 4.69) is 6.92 Å². The third-order valence-corrected chi connectivity index (χ3v) is 5.65. The number of aliphatic hydroxyl groups is 1. The fraction of sp³-hybridized carbons (Fsp3) is 0.385. The van der Waals surface area contributed by atoms with Crippen LogP contribution in [0.1, 0.15) is 43.4 Å². The van der Waals surface area contributed by atoms with E-state index in [-0.39, 0.29) is 17.1 Å². The van der Waals surface area contributed by atoms with Crippen LogP contribution >= 0.6 is 0 Å². The monoisotopic (exact) mass is 452 g/mol. The van der Waals surface area contributed by atoms with E-state index in [4.69, 9.17) is 4.74 Å². The van der Waals surface area contributed by atoms with E-state index < -0.39 is 17.7 Å². The molecule has 2 N–H and O–H groups in total. The topological polar surface area (TPSA) is 90.3 Å². The lowest BCUT2D eigenvalue weighted by atomic mass is 9.95. The van der Waals surface area contributed by atoms with Gasteiger partial charge >= 0.3 is 0 Å². The van der Waals surface area contributed by atoms with Gasteiger partial charge in [-0.25, -0.2) is 0 Å². The van der Waals surface area contributed by atoms with Gasteiger partial charge in [-0.2, -0.15) is 0 Å². The number of carbonyl (C=O) groups is 2. The zero-order chi connectivity index (χ0) is 24.0. The Labute approximate surface area is 194 Å². The van der Waals surface area contributed by atoms with Crippen molar-refractivity contribution in [2.24, 2.45) is 0 Å². The lowest BCUT2D eigenvalue weighted by Gasteiger charge is -2.26. The summed E-state index contributed by atoms with van der Waals surface area (Å²) in [6.45, 7) is 3.83. The van der Waals surface area contributed by atoms with Gasteiger partial charge in [-0.15, -0.1) is 0 Å². The maximum atomic E-state index is 13.0. The second kappa shape index (κ2) is 11.0. The predicted molar refractivity (Wildman–Crippen MR) is 127 cm³/mol. The first-order valence-corrected chi connectivity index (χ1v) is 11.3. The molecule has 1 heterocycles. The van der Waals surface area contributed by atoms with Crippen LogP contribution in [0.5, 0.6) is 11.5 Å². The van der Waals surface area contributed by atoms with Gasteiger partial charge in [-0.05, 0) is 75.4 Å². The van der Waals surface area contributed by atoms with Crippen LogP contribution in [0.4, 0.5) is 0 Å². The van der Waals surface area contributed by atoms with Crippen LogP contribution in [-0.4, -0.2) is 65.5 Å². The summed E-state index contributed by atoms with van der Waals surface area (Å²) in [5.41, 5.74) is 1.14. The lowest BCUT2D eigenvalue weighted by Crippen LogP contribution is -2.32. The third-order valence-electron chi connectivity index (χ3n) is 5.65. The molecule has 176 valence electrons. The summed E-state index contributed by atoms with van der Waals surface area (Å²) in [6.07, 6.45) is 2.66. The average molecular weight is 453 g/mol. The minimum Gasteiger partial charge on any atom is -0.508 e. The molecule has 0 aromatic heterocycles. The molecule has 0 spiro atoms. The smallest absolute Gasteiger partial charge is 0.295 e. The fourth-order valence-corrected chi connectivity index (χ4v) is 3.87. The van der Waals surface area contributed by atoms with E-state index >= 15 is 0 Å². The number of unbranched alkanes of at least 4 members (excludes halogenated alkanes) is 1. The van der Waals surface area contributed by atoms with Gasteiger partial charge in [0, 0.05) is 12.1 Å². The Balaban J connectivity index is 1.97. The highest BCUT2D eigenvalue weighted by molar-refractivity contribution is 6.46. The largest absolute Gasteiger partial charge is 0.508 e. The molecule has 33 heavy (non-hydrogen) atoms. The van der Waals surface area contributed by atoms with Crippen molar-refractivity contribution in [1.82, 2.24) is 9.80 Å². The number of aromatic hydroxyl groups is 1. The number of benzene rings is 2. The van der Waals surface area contributed by atoms with E-state index in [1.54, 1.807) is 36.4 Å². The summed E-state index contributed by atoms with van der Waals surface area (Å²) in [6, 6.07) is 12.5. The molecule has 1 amide bonds.